The predicted molar refractivity (Wildman–Crippen MR) is 589 cm³/mol. The lowest BCUT2D eigenvalue weighted by Gasteiger charge is -2.07. The Morgan fingerprint density at radius 1 is 0.235 bits per heavy atom. The van der Waals surface area contributed by atoms with Crippen molar-refractivity contribution >= 4 is 143 Å². The summed E-state index contributed by atoms with van der Waals surface area (Å²) in [5, 5.41) is 27.2. The molecule has 0 atom stereocenters. The van der Waals surface area contributed by atoms with Crippen molar-refractivity contribution in [2.75, 3.05) is 59.6 Å². The topological polar surface area (TPSA) is 363 Å². The van der Waals surface area contributed by atoms with Gasteiger partial charge in [-0.25, -0.2) is 24.0 Å². The van der Waals surface area contributed by atoms with Crippen molar-refractivity contribution in [2.45, 2.75) is 250 Å². The molecule has 0 unspecified atom stereocenters. The van der Waals surface area contributed by atoms with Crippen LogP contribution >= 0.6 is 0 Å². The fraction of sp³-hybridized carbons (Fsp3) is 0.350. The van der Waals surface area contributed by atoms with Crippen LogP contribution in [0.3, 0.4) is 0 Å². The van der Waals surface area contributed by atoms with Gasteiger partial charge >= 0.3 is 29.8 Å². The first kappa shape index (κ1) is 115. The molecule has 0 bridgehead atoms. The smallest absolute Gasteiger partial charge is 0.338 e. The van der Waals surface area contributed by atoms with Crippen LogP contribution in [0.2, 0.25) is 0 Å². The summed E-state index contributed by atoms with van der Waals surface area (Å²) in [6, 6.07) is 64.1. The molecule has 149 heavy (non-hydrogen) atoms. The van der Waals surface area contributed by atoms with Crippen LogP contribution in [0.15, 0.2) is 266 Å². The Bertz CT molecular complexity index is 5940. The maximum atomic E-state index is 12.5. The molecule has 0 saturated heterocycles. The van der Waals surface area contributed by atoms with E-state index in [9.17, 15) is 47.9 Å². The molecule has 15 rings (SSSR count). The zero-order valence-corrected chi connectivity index (χ0v) is 88.8. The number of anilines is 5. The molecule has 0 aliphatic carbocycles. The number of carbonyl (C=O) groups is 10. The molecular weight excluding hydrogens is 1880 g/mol. The van der Waals surface area contributed by atoms with E-state index >= 15 is 0 Å². The van der Waals surface area contributed by atoms with Crippen molar-refractivity contribution in [1.82, 2.24) is 0 Å². The van der Waals surface area contributed by atoms with Gasteiger partial charge in [0.15, 0.2) is 0 Å². The van der Waals surface area contributed by atoms with Crippen LogP contribution in [0.4, 0.5) is 28.4 Å². The molecular formula is C123H143N5O21. The van der Waals surface area contributed by atoms with Gasteiger partial charge in [0.25, 0.3) is 0 Å². The number of unbranched alkanes of at least 4 members (excludes halogenated alkanes) is 5. The Labute approximate surface area is 872 Å². The van der Waals surface area contributed by atoms with E-state index in [1.54, 1.807) is 166 Å². The van der Waals surface area contributed by atoms with Crippen molar-refractivity contribution in [3.05, 3.63) is 327 Å². The largest absolute Gasteiger partial charge is 0.464 e. The van der Waals surface area contributed by atoms with Gasteiger partial charge in [-0.1, -0.05) is 166 Å². The Hall–Kier alpha value is -15.4. The van der Waals surface area contributed by atoms with Gasteiger partial charge < -0.3 is 77.5 Å². The molecule has 786 valence electrons. The van der Waals surface area contributed by atoms with Gasteiger partial charge in [0.05, 0.1) is 124 Å². The van der Waals surface area contributed by atoms with E-state index in [1.165, 1.54) is 27.8 Å². The lowest BCUT2D eigenvalue weighted by atomic mass is 10.00. The van der Waals surface area contributed by atoms with Gasteiger partial charge in [-0.3, -0.25) is 24.0 Å². The number of furan rings is 5. The Kier molecular flexibility index (Phi) is 45.6. The molecule has 26 heteroatoms. The van der Waals surface area contributed by atoms with Gasteiger partial charge in [-0.2, -0.15) is 0 Å². The molecule has 26 nitrogen and oxygen atoms in total. The van der Waals surface area contributed by atoms with Crippen LogP contribution < -0.4 is 26.6 Å². The number of hydrogen-bond donors (Lipinski definition) is 6. The highest BCUT2D eigenvalue weighted by Gasteiger charge is 2.22. The van der Waals surface area contributed by atoms with E-state index in [-0.39, 0.29) is 97.6 Å². The summed E-state index contributed by atoms with van der Waals surface area (Å²) in [7, 11) is 0. The minimum atomic E-state index is -0.345. The minimum Gasteiger partial charge on any atom is -0.464 e. The van der Waals surface area contributed by atoms with Crippen LogP contribution in [0.1, 0.15) is 319 Å². The highest BCUT2D eigenvalue weighted by atomic mass is 16.5. The molecule has 0 saturated carbocycles. The minimum absolute atomic E-state index is 0.138. The number of nitrogens with one attached hydrogen (secondary N) is 5. The maximum Gasteiger partial charge on any atom is 0.338 e. The predicted octanol–water partition coefficient (Wildman–Crippen LogP) is 28.9. The third-order valence-corrected chi connectivity index (χ3v) is 24.2. The molecule has 10 aromatic carbocycles. The molecule has 5 aromatic heterocycles. The number of ether oxygens (including phenoxy) is 5. The zero-order valence-electron chi connectivity index (χ0n) is 88.8. The first-order valence-electron chi connectivity index (χ1n) is 51.6. The summed E-state index contributed by atoms with van der Waals surface area (Å²) in [6.07, 6.45) is 18.3. The molecule has 0 spiro atoms. The van der Waals surface area contributed by atoms with E-state index in [0.29, 0.717) is 119 Å². The first-order chi connectivity index (χ1) is 71.6. The highest BCUT2D eigenvalue weighted by molar-refractivity contribution is 6.02. The average molecular weight is 2030 g/mol. The van der Waals surface area contributed by atoms with Crippen LogP contribution in [-0.2, 0) is 79.8 Å². The fourth-order valence-electron chi connectivity index (χ4n) is 15.3. The third kappa shape index (κ3) is 36.3. The molecule has 0 radical (unpaired) electrons. The summed E-state index contributed by atoms with van der Waals surface area (Å²) >= 11 is 0. The molecule has 5 amide bonds. The number of carbonyl (C=O) groups excluding carboxylic acids is 10. The monoisotopic (exact) mass is 2030 g/mol. The number of benzene rings is 10. The van der Waals surface area contributed by atoms with Gasteiger partial charge in [-0.15, -0.1) is 0 Å². The first-order valence-corrected chi connectivity index (χ1v) is 51.6. The second-order valence-corrected chi connectivity index (χ2v) is 38.4. The zero-order chi connectivity index (χ0) is 108. The standard InChI is InChI=1S/5C24H27NO4.C3H8O/c5*1-4-5-12-28-24(27)17-6-9-20(10-7-17)25-23(26)14-19-15-29-22-11-8-18(16(2)3)13-21(19)22;1-3(2)4/h5*6-11,13,15-16H,4-5,12,14H2,1-3H3,(H,25,26);3-4H,1-2H3. The molecule has 0 aliphatic heterocycles. The molecule has 0 fully saturated rings. The summed E-state index contributed by atoms with van der Waals surface area (Å²) in [5.74, 6) is -0.388. The van der Waals surface area contributed by atoms with Crippen LogP contribution in [0.5, 0.6) is 0 Å². The Morgan fingerprint density at radius 3 is 0.517 bits per heavy atom. The average Bonchev–Trinajstić information content (AvgIpc) is 1.69. The SMILES string of the molecule is CC(C)O.CCCCOC(=O)c1ccc(NC(=O)Cc2coc3ccc(C(C)C)cc23)cc1.CCCCOC(=O)c1ccc(NC(=O)Cc2coc3ccc(C(C)C)cc23)cc1.CCCCOC(=O)c1ccc(NC(=O)Cc2coc3ccc(C(C)C)cc23)cc1.CCCCOC(=O)c1ccc(NC(=O)Cc2coc3ccc(C(C)C)cc23)cc1.CCCCOC(=O)c1ccc(NC(=O)Cc2coc3ccc(C(C)C)cc23)cc1. The second kappa shape index (κ2) is 58.8. The summed E-state index contributed by atoms with van der Waals surface area (Å²) in [6.45, 7) is 37.1. The molecule has 15 aromatic rings. The lowest BCUT2D eigenvalue weighted by Crippen LogP contribution is -2.14. The lowest BCUT2D eigenvalue weighted by molar-refractivity contribution is -0.116. The van der Waals surface area contributed by atoms with Gasteiger partial charge in [-0.05, 0) is 285 Å². The van der Waals surface area contributed by atoms with E-state index < -0.39 is 0 Å². The number of rotatable bonds is 40. The van der Waals surface area contributed by atoms with Crippen molar-refractivity contribution in [1.29, 1.82) is 0 Å². The molecule has 6 N–H and O–H groups in total. The van der Waals surface area contributed by atoms with Crippen molar-refractivity contribution in [3.8, 4) is 0 Å². The normalized spacial score (nSPS) is 11.0. The number of amides is 5. The van der Waals surface area contributed by atoms with E-state index in [0.717, 1.165) is 147 Å². The maximum absolute atomic E-state index is 12.5. The number of fused-ring (bicyclic) bond motifs is 5. The van der Waals surface area contributed by atoms with Crippen LogP contribution in [0.25, 0.3) is 54.8 Å². The van der Waals surface area contributed by atoms with E-state index in [2.05, 4.69) is 156 Å². The van der Waals surface area contributed by atoms with Gasteiger partial charge in [0.1, 0.15) is 27.9 Å². The second-order valence-electron chi connectivity index (χ2n) is 38.4. The van der Waals surface area contributed by atoms with Crippen molar-refractivity contribution in [3.63, 3.8) is 0 Å². The van der Waals surface area contributed by atoms with E-state index in [1.807, 2.05) is 65.0 Å². The summed E-state index contributed by atoms with van der Waals surface area (Å²) < 4.78 is 53.9. The molecule has 5 heterocycles. The van der Waals surface area contributed by atoms with E-state index in [4.69, 9.17) is 50.9 Å². The Balaban J connectivity index is 0.000000189. The molecule has 0 aliphatic rings. The number of aliphatic hydroxyl groups is 1. The number of hydrogen-bond acceptors (Lipinski definition) is 21. The summed E-state index contributed by atoms with van der Waals surface area (Å²) in [5.41, 5.74) is 19.8. The van der Waals surface area contributed by atoms with Gasteiger partial charge in [0.2, 0.25) is 29.5 Å². The van der Waals surface area contributed by atoms with Crippen LogP contribution in [0, 0.1) is 0 Å². The Morgan fingerprint density at radius 2 is 0.383 bits per heavy atom. The number of esters is 5. The third-order valence-electron chi connectivity index (χ3n) is 24.2. The highest BCUT2D eigenvalue weighted by Crippen LogP contribution is 2.34. The van der Waals surface area contributed by atoms with Crippen molar-refractivity contribution in [2.24, 2.45) is 0 Å². The quantitative estimate of drug-likeness (QED) is 0.0118. The van der Waals surface area contributed by atoms with Crippen LogP contribution in [-0.4, -0.2) is 104 Å². The fourth-order valence-corrected chi connectivity index (χ4v) is 15.3. The van der Waals surface area contributed by atoms with Gasteiger partial charge in [0, 0.05) is 89.3 Å². The summed E-state index contributed by atoms with van der Waals surface area (Å²) in [4.78, 5) is 122. The van der Waals surface area contributed by atoms with Crippen molar-refractivity contribution < 1.29 is 98.8 Å². The number of aliphatic hydroxyl groups excluding tert-OH is 1.